The van der Waals surface area contributed by atoms with Crippen LogP contribution in [0.25, 0.3) is 0 Å². The van der Waals surface area contributed by atoms with Gasteiger partial charge in [-0.1, -0.05) is 0 Å². The molecule has 1 heterocycles. The van der Waals surface area contributed by atoms with Gasteiger partial charge in [0.1, 0.15) is 0 Å². The van der Waals surface area contributed by atoms with Gasteiger partial charge in [-0.15, -0.1) is 0 Å². The van der Waals surface area contributed by atoms with Crippen LogP contribution in [0.3, 0.4) is 0 Å². The Morgan fingerprint density at radius 1 is 1.47 bits per heavy atom. The number of hydrogen-bond acceptors (Lipinski definition) is 3. The monoisotopic (exact) mass is 242 g/mol. The molecule has 0 spiro atoms. The maximum Gasteiger partial charge on any atom is 0.317 e. The summed E-state index contributed by atoms with van der Waals surface area (Å²) in [7, 11) is 0. The minimum absolute atomic E-state index is 0.0497. The molecule has 1 amide bonds. The van der Waals surface area contributed by atoms with Gasteiger partial charge in [-0.25, -0.2) is 0 Å². The molecule has 0 saturated carbocycles. The first kappa shape index (κ1) is 14.0. The summed E-state index contributed by atoms with van der Waals surface area (Å²) in [6.07, 6.45) is 1.92. The number of carboxylic acid groups (broad SMARTS) is 1. The highest BCUT2D eigenvalue weighted by atomic mass is 16.4. The van der Waals surface area contributed by atoms with Crippen LogP contribution in [0.5, 0.6) is 0 Å². The molecule has 1 unspecified atom stereocenters. The van der Waals surface area contributed by atoms with Gasteiger partial charge in [0, 0.05) is 32.1 Å². The van der Waals surface area contributed by atoms with Crippen molar-refractivity contribution in [3.05, 3.63) is 0 Å². The molecule has 17 heavy (non-hydrogen) atoms. The predicted octanol–water partition coefficient (Wildman–Crippen LogP) is 0.792. The average Bonchev–Trinajstić information content (AvgIpc) is 2.25. The van der Waals surface area contributed by atoms with Crippen LogP contribution in [0.4, 0.5) is 0 Å². The van der Waals surface area contributed by atoms with Crippen LogP contribution in [0.15, 0.2) is 0 Å². The Balaban J connectivity index is 2.66. The third-order valence-electron chi connectivity index (χ3n) is 3.29. The molecule has 5 nitrogen and oxygen atoms in total. The fourth-order valence-electron chi connectivity index (χ4n) is 2.40. The predicted molar refractivity (Wildman–Crippen MR) is 64.8 cm³/mol. The zero-order valence-electron chi connectivity index (χ0n) is 10.8. The summed E-state index contributed by atoms with van der Waals surface area (Å²) >= 11 is 0. The zero-order chi connectivity index (χ0) is 13.0. The van der Waals surface area contributed by atoms with E-state index in [1.807, 2.05) is 23.6 Å². The second-order valence-corrected chi connectivity index (χ2v) is 4.92. The highest BCUT2D eigenvalue weighted by molar-refractivity contribution is 5.73. The standard InChI is InChI=1S/C12H22N2O3/c1-9(2)14(8-12(16)17)11-5-4-6-13(7-11)10(3)15/h9,11H,4-8H2,1-3H3,(H,16,17). The van der Waals surface area contributed by atoms with Crippen molar-refractivity contribution in [1.82, 2.24) is 9.80 Å². The lowest BCUT2D eigenvalue weighted by molar-refractivity contribution is -0.140. The van der Waals surface area contributed by atoms with Crippen LogP contribution in [0.1, 0.15) is 33.6 Å². The molecule has 1 aliphatic heterocycles. The zero-order valence-corrected chi connectivity index (χ0v) is 10.8. The second-order valence-electron chi connectivity index (χ2n) is 4.92. The van der Waals surface area contributed by atoms with Crippen molar-refractivity contribution in [1.29, 1.82) is 0 Å². The van der Waals surface area contributed by atoms with E-state index in [-0.39, 0.29) is 24.5 Å². The number of nitrogens with zero attached hydrogens (tertiary/aromatic N) is 2. The summed E-state index contributed by atoms with van der Waals surface area (Å²) in [6, 6.07) is 0.353. The molecule has 1 aliphatic rings. The summed E-state index contributed by atoms with van der Waals surface area (Å²) in [5.74, 6) is -0.729. The number of aliphatic carboxylic acids is 1. The van der Waals surface area contributed by atoms with Crippen molar-refractivity contribution < 1.29 is 14.7 Å². The molecule has 0 aliphatic carbocycles. The Bertz CT molecular complexity index is 291. The smallest absolute Gasteiger partial charge is 0.317 e. The molecule has 1 fully saturated rings. The summed E-state index contributed by atoms with van der Waals surface area (Å²) in [5.41, 5.74) is 0. The van der Waals surface area contributed by atoms with Crippen LogP contribution in [-0.2, 0) is 9.59 Å². The van der Waals surface area contributed by atoms with E-state index in [1.165, 1.54) is 0 Å². The van der Waals surface area contributed by atoms with E-state index in [0.29, 0.717) is 6.54 Å². The van der Waals surface area contributed by atoms with Gasteiger partial charge < -0.3 is 10.0 Å². The molecule has 0 aromatic rings. The summed E-state index contributed by atoms with van der Waals surface area (Å²) in [6.45, 7) is 7.06. The lowest BCUT2D eigenvalue weighted by atomic mass is 10.0. The number of piperidine rings is 1. The number of hydrogen-bond donors (Lipinski definition) is 1. The van der Waals surface area contributed by atoms with Gasteiger partial charge in [-0.2, -0.15) is 0 Å². The van der Waals surface area contributed by atoms with E-state index in [4.69, 9.17) is 5.11 Å². The van der Waals surface area contributed by atoms with E-state index in [9.17, 15) is 9.59 Å². The van der Waals surface area contributed by atoms with Gasteiger partial charge in [-0.3, -0.25) is 14.5 Å². The maximum absolute atomic E-state index is 11.4. The van der Waals surface area contributed by atoms with Gasteiger partial charge in [0.25, 0.3) is 0 Å². The third kappa shape index (κ3) is 4.00. The number of amides is 1. The lowest BCUT2D eigenvalue weighted by Crippen LogP contribution is -2.52. The van der Waals surface area contributed by atoms with Crippen LogP contribution in [-0.4, -0.2) is 58.5 Å². The lowest BCUT2D eigenvalue weighted by Gasteiger charge is -2.40. The molecule has 98 valence electrons. The molecular formula is C12H22N2O3. The average molecular weight is 242 g/mol. The van der Waals surface area contributed by atoms with Gasteiger partial charge in [0.15, 0.2) is 0 Å². The van der Waals surface area contributed by atoms with Gasteiger partial charge >= 0.3 is 5.97 Å². The number of carboxylic acids is 1. The Morgan fingerprint density at radius 2 is 2.12 bits per heavy atom. The highest BCUT2D eigenvalue weighted by Crippen LogP contribution is 2.18. The fourth-order valence-corrected chi connectivity index (χ4v) is 2.40. The Hall–Kier alpha value is -1.10. The molecule has 1 rings (SSSR count). The molecule has 1 saturated heterocycles. The minimum Gasteiger partial charge on any atom is -0.480 e. The molecule has 0 aromatic heterocycles. The number of carbonyl (C=O) groups is 2. The Labute approximate surface area is 102 Å². The Kier molecular flexibility index (Phi) is 4.93. The van der Waals surface area contributed by atoms with Gasteiger partial charge in [0.05, 0.1) is 6.54 Å². The van der Waals surface area contributed by atoms with Crippen molar-refractivity contribution in [2.24, 2.45) is 0 Å². The van der Waals surface area contributed by atoms with Crippen molar-refractivity contribution in [2.75, 3.05) is 19.6 Å². The van der Waals surface area contributed by atoms with Crippen molar-refractivity contribution in [3.8, 4) is 0 Å². The van der Waals surface area contributed by atoms with E-state index in [0.717, 1.165) is 19.4 Å². The number of rotatable bonds is 4. The van der Waals surface area contributed by atoms with Crippen LogP contribution in [0.2, 0.25) is 0 Å². The highest BCUT2D eigenvalue weighted by Gasteiger charge is 2.29. The number of likely N-dealkylation sites (tertiary alicyclic amines) is 1. The molecular weight excluding hydrogens is 220 g/mol. The number of carbonyl (C=O) groups excluding carboxylic acids is 1. The summed E-state index contributed by atoms with van der Waals surface area (Å²) in [4.78, 5) is 26.0. The molecule has 0 aromatic carbocycles. The first-order valence-corrected chi connectivity index (χ1v) is 6.15. The Morgan fingerprint density at radius 3 is 2.59 bits per heavy atom. The van der Waals surface area contributed by atoms with Gasteiger partial charge in [0.2, 0.25) is 5.91 Å². The van der Waals surface area contributed by atoms with Crippen molar-refractivity contribution in [3.63, 3.8) is 0 Å². The quantitative estimate of drug-likeness (QED) is 0.792. The fraction of sp³-hybridized carbons (Fsp3) is 0.833. The SMILES string of the molecule is CC(=O)N1CCCC(N(CC(=O)O)C(C)C)C1. The topological polar surface area (TPSA) is 60.9 Å². The summed E-state index contributed by atoms with van der Waals surface area (Å²) < 4.78 is 0. The van der Waals surface area contributed by atoms with Gasteiger partial charge in [-0.05, 0) is 26.7 Å². The van der Waals surface area contributed by atoms with Crippen LogP contribution < -0.4 is 0 Å². The normalized spacial score (nSPS) is 21.0. The molecule has 1 atom stereocenters. The van der Waals surface area contributed by atoms with E-state index < -0.39 is 5.97 Å². The molecule has 1 N–H and O–H groups in total. The first-order valence-electron chi connectivity index (χ1n) is 6.15. The van der Waals surface area contributed by atoms with Crippen molar-refractivity contribution >= 4 is 11.9 Å². The van der Waals surface area contributed by atoms with Crippen LogP contribution >= 0.6 is 0 Å². The summed E-state index contributed by atoms with van der Waals surface area (Å²) in [5, 5.41) is 8.92. The molecule has 0 radical (unpaired) electrons. The third-order valence-corrected chi connectivity index (χ3v) is 3.29. The van der Waals surface area contributed by atoms with E-state index in [2.05, 4.69) is 0 Å². The largest absolute Gasteiger partial charge is 0.480 e. The first-order chi connectivity index (χ1) is 7.91. The van der Waals surface area contributed by atoms with Crippen LogP contribution in [0, 0.1) is 0 Å². The van der Waals surface area contributed by atoms with E-state index >= 15 is 0 Å². The minimum atomic E-state index is -0.807. The van der Waals surface area contributed by atoms with Crippen molar-refractivity contribution in [2.45, 2.75) is 45.7 Å². The second kappa shape index (κ2) is 6.00. The van der Waals surface area contributed by atoms with E-state index in [1.54, 1.807) is 6.92 Å². The molecule has 5 heteroatoms. The maximum atomic E-state index is 11.4. The molecule has 0 bridgehead atoms.